The number of para-hydroxylation sites is 1. The van der Waals surface area contributed by atoms with Crippen LogP contribution in [0.1, 0.15) is 22.3 Å². The Bertz CT molecular complexity index is 3890. The fourth-order valence-corrected chi connectivity index (χ4v) is 11.8. The van der Waals surface area contributed by atoms with Crippen LogP contribution in [0.15, 0.2) is 265 Å². The largest absolute Gasteiger partial charge is 0.455 e. The van der Waals surface area contributed by atoms with Crippen LogP contribution in [0.4, 0.5) is 17.1 Å². The third-order valence-corrected chi connectivity index (χ3v) is 14.7. The van der Waals surface area contributed by atoms with Gasteiger partial charge in [-0.1, -0.05) is 218 Å². The lowest BCUT2D eigenvalue weighted by molar-refractivity contribution is 0.670. The van der Waals surface area contributed by atoms with Crippen molar-refractivity contribution in [1.82, 2.24) is 0 Å². The van der Waals surface area contributed by atoms with Gasteiger partial charge in [0.05, 0.1) is 11.1 Å². The number of furan rings is 1. The second-order valence-electron chi connectivity index (χ2n) is 18.3. The van der Waals surface area contributed by atoms with Crippen molar-refractivity contribution < 1.29 is 4.42 Å². The van der Waals surface area contributed by atoms with Crippen LogP contribution < -0.4 is 4.90 Å². The van der Waals surface area contributed by atoms with Crippen molar-refractivity contribution in [2.75, 3.05) is 4.90 Å². The number of fused-ring (bicyclic) bond motifs is 13. The summed E-state index contributed by atoms with van der Waals surface area (Å²) in [5.74, 6) is 0. The van der Waals surface area contributed by atoms with Crippen LogP contribution in [0.2, 0.25) is 0 Å². The molecular weight excluding hydrogens is 835 g/mol. The first-order valence-electron chi connectivity index (χ1n) is 23.8. The molecule has 1 aromatic heterocycles. The molecule has 0 radical (unpaired) electrons. The van der Waals surface area contributed by atoms with Crippen molar-refractivity contribution in [1.29, 1.82) is 0 Å². The van der Waals surface area contributed by atoms with Gasteiger partial charge >= 0.3 is 0 Å². The molecule has 1 spiro atoms. The molecule has 322 valence electrons. The Morgan fingerprint density at radius 1 is 0.290 bits per heavy atom. The minimum absolute atomic E-state index is 0.451. The topological polar surface area (TPSA) is 16.4 Å². The number of anilines is 3. The van der Waals surface area contributed by atoms with Gasteiger partial charge in [0.25, 0.3) is 0 Å². The summed E-state index contributed by atoms with van der Waals surface area (Å²) in [4.78, 5) is 2.47. The fourth-order valence-electron chi connectivity index (χ4n) is 11.8. The molecule has 2 aliphatic carbocycles. The lowest BCUT2D eigenvalue weighted by Gasteiger charge is -2.32. The lowest BCUT2D eigenvalue weighted by Crippen LogP contribution is -2.26. The van der Waals surface area contributed by atoms with Crippen LogP contribution in [-0.4, -0.2) is 0 Å². The predicted molar refractivity (Wildman–Crippen MR) is 286 cm³/mol. The molecule has 0 bridgehead atoms. The first-order chi connectivity index (χ1) is 34.2. The predicted octanol–water partition coefficient (Wildman–Crippen LogP) is 18.1. The Morgan fingerprint density at radius 3 is 1.36 bits per heavy atom. The maximum atomic E-state index is 6.57. The summed E-state index contributed by atoms with van der Waals surface area (Å²) in [6, 6.07) is 95.4. The molecule has 0 fully saturated rings. The summed E-state index contributed by atoms with van der Waals surface area (Å²) in [7, 11) is 0. The quantitative estimate of drug-likeness (QED) is 0.159. The third kappa shape index (κ3) is 5.92. The zero-order chi connectivity index (χ0) is 45.5. The third-order valence-electron chi connectivity index (χ3n) is 14.7. The van der Waals surface area contributed by atoms with E-state index in [1.807, 2.05) is 0 Å². The standard InChI is InChI=1S/C67H43NO/c1-3-17-45(18-4-1)51-21-7-8-22-52(51)47-35-40-50(41-36-47)68(49-38-33-44(34-39-49)48-37-42-64-58(43-48)56-27-15-26-53(66(56)69-64)46-19-5-2-6-20-46)63-32-16-31-62-65(63)57-25-11-14-30-61(57)67(62)59-28-12-9-23-54(59)55-24-10-13-29-60(55)67/h1-43H. The monoisotopic (exact) mass is 877 g/mol. The first-order valence-corrected chi connectivity index (χ1v) is 23.8. The summed E-state index contributed by atoms with van der Waals surface area (Å²) >= 11 is 0. The van der Waals surface area contributed by atoms with Crippen molar-refractivity contribution >= 4 is 39.0 Å². The second-order valence-corrected chi connectivity index (χ2v) is 18.3. The van der Waals surface area contributed by atoms with E-state index in [1.165, 1.54) is 66.8 Å². The van der Waals surface area contributed by atoms with Gasteiger partial charge in [-0.25, -0.2) is 0 Å². The van der Waals surface area contributed by atoms with Crippen molar-refractivity contribution in [2.45, 2.75) is 5.41 Å². The van der Waals surface area contributed by atoms with Crippen LogP contribution >= 0.6 is 0 Å². The van der Waals surface area contributed by atoms with Crippen LogP contribution in [0.25, 0.3) is 88.7 Å². The van der Waals surface area contributed by atoms with Crippen LogP contribution in [0, 0.1) is 0 Å². The number of rotatable bonds is 7. The Kier molecular flexibility index (Phi) is 8.84. The van der Waals surface area contributed by atoms with E-state index in [0.29, 0.717) is 0 Å². The average Bonchev–Trinajstić information content (AvgIpc) is 4.06. The summed E-state index contributed by atoms with van der Waals surface area (Å²) in [5.41, 5.74) is 24.5. The maximum absolute atomic E-state index is 6.57. The molecule has 0 saturated carbocycles. The van der Waals surface area contributed by atoms with E-state index in [1.54, 1.807) is 0 Å². The second kappa shape index (κ2) is 15.6. The number of hydrogen-bond donors (Lipinski definition) is 0. The highest BCUT2D eigenvalue weighted by Gasteiger charge is 2.52. The number of hydrogen-bond acceptors (Lipinski definition) is 2. The smallest absolute Gasteiger partial charge is 0.143 e. The van der Waals surface area contributed by atoms with Crippen molar-refractivity contribution in [2.24, 2.45) is 0 Å². The van der Waals surface area contributed by atoms with E-state index < -0.39 is 5.41 Å². The van der Waals surface area contributed by atoms with Gasteiger partial charge in [0, 0.05) is 33.3 Å². The number of benzene rings is 11. The van der Waals surface area contributed by atoms with Gasteiger partial charge in [-0.15, -0.1) is 0 Å². The van der Waals surface area contributed by atoms with Gasteiger partial charge < -0.3 is 9.32 Å². The molecule has 0 N–H and O–H groups in total. The average molecular weight is 878 g/mol. The Hall–Kier alpha value is -8.98. The van der Waals surface area contributed by atoms with E-state index >= 15 is 0 Å². The van der Waals surface area contributed by atoms with Gasteiger partial charge in [-0.05, 0) is 120 Å². The van der Waals surface area contributed by atoms with Gasteiger partial charge in [0.1, 0.15) is 11.2 Å². The fraction of sp³-hybridized carbons (Fsp3) is 0.0149. The highest BCUT2D eigenvalue weighted by molar-refractivity contribution is 6.11. The zero-order valence-electron chi connectivity index (χ0n) is 37.7. The first kappa shape index (κ1) is 39.2. The van der Waals surface area contributed by atoms with E-state index in [-0.39, 0.29) is 0 Å². The van der Waals surface area contributed by atoms with E-state index in [4.69, 9.17) is 4.42 Å². The van der Waals surface area contributed by atoms with Crippen LogP contribution in [0.5, 0.6) is 0 Å². The molecule has 12 aromatic rings. The van der Waals surface area contributed by atoms with Crippen molar-refractivity contribution in [3.8, 4) is 66.8 Å². The van der Waals surface area contributed by atoms with E-state index in [2.05, 4.69) is 266 Å². The molecule has 0 amide bonds. The molecule has 0 aliphatic heterocycles. The Morgan fingerprint density at radius 2 is 0.739 bits per heavy atom. The molecule has 0 atom stereocenters. The summed E-state index contributed by atoms with van der Waals surface area (Å²) in [6.45, 7) is 0. The molecule has 2 heteroatoms. The maximum Gasteiger partial charge on any atom is 0.143 e. The lowest BCUT2D eigenvalue weighted by atomic mass is 9.70. The van der Waals surface area contributed by atoms with E-state index in [9.17, 15) is 0 Å². The minimum atomic E-state index is -0.451. The van der Waals surface area contributed by atoms with Gasteiger partial charge in [-0.3, -0.25) is 0 Å². The molecule has 2 aliphatic rings. The SMILES string of the molecule is c1ccc(-c2ccccc2-c2ccc(N(c3ccc(-c4ccc5oc6c(-c7ccccc7)cccc6c5c4)cc3)c3cccc4c3-c3ccccc3C43c4ccccc4-c4ccccc43)cc2)cc1. The Labute approximate surface area is 401 Å². The minimum Gasteiger partial charge on any atom is -0.455 e. The summed E-state index contributed by atoms with van der Waals surface area (Å²) in [5, 5.41) is 2.23. The number of nitrogens with zero attached hydrogens (tertiary/aromatic N) is 1. The highest BCUT2D eigenvalue weighted by atomic mass is 16.3. The molecular formula is C67H43NO. The summed E-state index contributed by atoms with van der Waals surface area (Å²) < 4.78 is 6.57. The molecule has 1 heterocycles. The Balaban J connectivity index is 0.934. The zero-order valence-corrected chi connectivity index (χ0v) is 37.7. The highest BCUT2D eigenvalue weighted by Crippen LogP contribution is 2.64. The van der Waals surface area contributed by atoms with Gasteiger partial charge in [0.15, 0.2) is 0 Å². The molecule has 0 saturated heterocycles. The van der Waals surface area contributed by atoms with Gasteiger partial charge in [-0.2, -0.15) is 0 Å². The molecule has 11 aromatic carbocycles. The molecule has 14 rings (SSSR count). The molecule has 0 unspecified atom stereocenters. The summed E-state index contributed by atoms with van der Waals surface area (Å²) in [6.07, 6.45) is 0. The van der Waals surface area contributed by atoms with E-state index in [0.717, 1.165) is 61.3 Å². The van der Waals surface area contributed by atoms with Gasteiger partial charge in [0.2, 0.25) is 0 Å². The molecule has 2 nitrogen and oxygen atoms in total. The molecule has 69 heavy (non-hydrogen) atoms. The van der Waals surface area contributed by atoms with Crippen molar-refractivity contribution in [3.05, 3.63) is 283 Å². The normalized spacial score (nSPS) is 12.8. The van der Waals surface area contributed by atoms with Crippen LogP contribution in [-0.2, 0) is 5.41 Å². The van der Waals surface area contributed by atoms with Crippen LogP contribution in [0.3, 0.4) is 0 Å². The van der Waals surface area contributed by atoms with Crippen molar-refractivity contribution in [3.63, 3.8) is 0 Å².